The van der Waals surface area contributed by atoms with Gasteiger partial charge in [0.25, 0.3) is 0 Å². The van der Waals surface area contributed by atoms with Crippen LogP contribution in [0.15, 0.2) is 18.2 Å². The van der Waals surface area contributed by atoms with Crippen molar-refractivity contribution in [3.05, 3.63) is 28.8 Å². The van der Waals surface area contributed by atoms with Gasteiger partial charge in [-0.2, -0.15) is 0 Å². The van der Waals surface area contributed by atoms with E-state index in [1.807, 2.05) is 18.2 Å². The Bertz CT molecular complexity index is 352. The summed E-state index contributed by atoms with van der Waals surface area (Å²) in [5.41, 5.74) is 2.35. The van der Waals surface area contributed by atoms with Crippen LogP contribution in [0.5, 0.6) is 0 Å². The second kappa shape index (κ2) is 8.35. The third-order valence-electron chi connectivity index (χ3n) is 2.81. The zero-order chi connectivity index (χ0) is 13.4. The lowest BCUT2D eigenvalue weighted by Crippen LogP contribution is -2.29. The highest BCUT2D eigenvalue weighted by molar-refractivity contribution is 6.30. The fraction of sp³-hybridized carbons (Fsp3) is 0.571. The highest BCUT2D eigenvalue weighted by Gasteiger charge is 2.10. The van der Waals surface area contributed by atoms with Gasteiger partial charge in [0.05, 0.1) is 6.61 Å². The van der Waals surface area contributed by atoms with Crippen LogP contribution in [0, 0.1) is 0 Å². The zero-order valence-corrected chi connectivity index (χ0v) is 12.0. The molecule has 1 aromatic carbocycles. The number of nitrogens with one attached hydrogen (secondary N) is 1. The third-order valence-corrected chi connectivity index (χ3v) is 3.05. The molecule has 0 aliphatic carbocycles. The molecular weight excluding hydrogens is 248 g/mol. The molecule has 0 radical (unpaired) electrons. The quantitative estimate of drug-likeness (QED) is 0.762. The van der Waals surface area contributed by atoms with Crippen LogP contribution in [0.1, 0.15) is 25.8 Å². The first-order valence-corrected chi connectivity index (χ1v) is 6.95. The van der Waals surface area contributed by atoms with Crippen LogP contribution in [0.2, 0.25) is 5.02 Å². The fourth-order valence-electron chi connectivity index (χ4n) is 2.01. The van der Waals surface area contributed by atoms with E-state index in [0.29, 0.717) is 6.54 Å². The number of anilines is 1. The first-order chi connectivity index (χ1) is 8.72. The van der Waals surface area contributed by atoms with E-state index in [4.69, 9.17) is 16.7 Å². The van der Waals surface area contributed by atoms with Gasteiger partial charge in [-0.15, -0.1) is 0 Å². The molecule has 4 heteroatoms. The summed E-state index contributed by atoms with van der Waals surface area (Å²) in [6, 6.07) is 5.95. The maximum absolute atomic E-state index is 9.16. The lowest BCUT2D eigenvalue weighted by Gasteiger charge is -2.26. The Hall–Kier alpha value is -0.770. The Kier molecular flexibility index (Phi) is 7.09. The van der Waals surface area contributed by atoms with Crippen LogP contribution in [0.4, 0.5) is 5.69 Å². The van der Waals surface area contributed by atoms with Gasteiger partial charge in [0.2, 0.25) is 0 Å². The van der Waals surface area contributed by atoms with E-state index >= 15 is 0 Å². The molecule has 2 N–H and O–H groups in total. The van der Waals surface area contributed by atoms with E-state index in [9.17, 15) is 0 Å². The summed E-state index contributed by atoms with van der Waals surface area (Å²) in [6.07, 6.45) is 1.06. The number of aliphatic hydroxyl groups excluding tert-OH is 1. The van der Waals surface area contributed by atoms with Gasteiger partial charge < -0.3 is 15.3 Å². The number of rotatable bonds is 8. The van der Waals surface area contributed by atoms with Gasteiger partial charge in [0.15, 0.2) is 0 Å². The molecule has 3 nitrogen and oxygen atoms in total. The Balaban J connectivity index is 2.95. The van der Waals surface area contributed by atoms with Gasteiger partial charge in [0.1, 0.15) is 0 Å². The summed E-state index contributed by atoms with van der Waals surface area (Å²) in [6.45, 7) is 7.74. The molecule has 0 spiro atoms. The molecular formula is C14H23ClN2O. The molecule has 0 atom stereocenters. The summed E-state index contributed by atoms with van der Waals surface area (Å²) in [4.78, 5) is 2.21. The summed E-state index contributed by atoms with van der Waals surface area (Å²) in [5.74, 6) is 0. The average molecular weight is 271 g/mol. The lowest BCUT2D eigenvalue weighted by molar-refractivity contribution is 0.301. The van der Waals surface area contributed by atoms with Crippen molar-refractivity contribution in [1.82, 2.24) is 5.32 Å². The predicted octanol–water partition coefficient (Wildman–Crippen LogP) is 2.66. The van der Waals surface area contributed by atoms with E-state index < -0.39 is 0 Å². The molecule has 0 aliphatic rings. The summed E-state index contributed by atoms with van der Waals surface area (Å²) >= 11 is 6.06. The highest BCUT2D eigenvalue weighted by atomic mass is 35.5. The normalized spacial score (nSPS) is 10.7. The molecule has 0 aliphatic heterocycles. The van der Waals surface area contributed by atoms with Crippen LogP contribution >= 0.6 is 11.6 Å². The van der Waals surface area contributed by atoms with Crippen LogP contribution in [0.3, 0.4) is 0 Å². The highest BCUT2D eigenvalue weighted by Crippen LogP contribution is 2.24. The summed E-state index contributed by atoms with van der Waals surface area (Å²) in [7, 11) is 0. The molecule has 0 heterocycles. The number of hydrogen-bond donors (Lipinski definition) is 2. The first kappa shape index (κ1) is 15.3. The SMILES string of the molecule is CCCN(CCO)c1ccc(Cl)cc1CNCC. The minimum Gasteiger partial charge on any atom is -0.395 e. The van der Waals surface area contributed by atoms with Crippen molar-refractivity contribution in [1.29, 1.82) is 0 Å². The Morgan fingerprint density at radius 2 is 2.06 bits per heavy atom. The monoisotopic (exact) mass is 270 g/mol. The number of aliphatic hydroxyl groups is 1. The summed E-state index contributed by atoms with van der Waals surface area (Å²) in [5, 5.41) is 13.2. The average Bonchev–Trinajstić information content (AvgIpc) is 2.36. The van der Waals surface area contributed by atoms with Crippen LogP contribution < -0.4 is 10.2 Å². The molecule has 18 heavy (non-hydrogen) atoms. The number of benzene rings is 1. The van der Waals surface area contributed by atoms with Crippen LogP contribution in [-0.4, -0.2) is 31.3 Å². The molecule has 0 saturated heterocycles. The van der Waals surface area contributed by atoms with Crippen LogP contribution in [0.25, 0.3) is 0 Å². The maximum atomic E-state index is 9.16. The number of nitrogens with zero attached hydrogens (tertiary/aromatic N) is 1. The molecule has 0 bridgehead atoms. The van der Waals surface area contributed by atoms with Gasteiger partial charge in [0, 0.05) is 30.3 Å². The largest absolute Gasteiger partial charge is 0.395 e. The molecule has 0 saturated carbocycles. The van der Waals surface area contributed by atoms with E-state index in [-0.39, 0.29) is 6.61 Å². The van der Waals surface area contributed by atoms with Crippen molar-refractivity contribution < 1.29 is 5.11 Å². The van der Waals surface area contributed by atoms with E-state index in [0.717, 1.165) is 36.8 Å². The van der Waals surface area contributed by atoms with Crippen molar-refractivity contribution in [2.75, 3.05) is 31.1 Å². The fourth-order valence-corrected chi connectivity index (χ4v) is 2.20. The van der Waals surface area contributed by atoms with Crippen molar-refractivity contribution in [2.24, 2.45) is 0 Å². The van der Waals surface area contributed by atoms with Gasteiger partial charge in [-0.05, 0) is 36.7 Å². The van der Waals surface area contributed by atoms with Gasteiger partial charge in [-0.3, -0.25) is 0 Å². The topological polar surface area (TPSA) is 35.5 Å². The molecule has 0 unspecified atom stereocenters. The second-order valence-corrected chi connectivity index (χ2v) is 4.70. The predicted molar refractivity (Wildman–Crippen MR) is 78.4 cm³/mol. The van der Waals surface area contributed by atoms with Crippen molar-refractivity contribution >= 4 is 17.3 Å². The van der Waals surface area contributed by atoms with Crippen LogP contribution in [-0.2, 0) is 6.54 Å². The molecule has 102 valence electrons. The Labute approximate surface area is 115 Å². The van der Waals surface area contributed by atoms with E-state index in [1.54, 1.807) is 0 Å². The standard InChI is InChI=1S/C14H23ClN2O/c1-3-7-17(8-9-18)14-6-5-13(15)10-12(14)11-16-4-2/h5-6,10,16,18H,3-4,7-9,11H2,1-2H3. The third kappa shape index (κ3) is 4.48. The van der Waals surface area contributed by atoms with Gasteiger partial charge in [-0.25, -0.2) is 0 Å². The zero-order valence-electron chi connectivity index (χ0n) is 11.2. The van der Waals surface area contributed by atoms with Crippen molar-refractivity contribution in [3.8, 4) is 0 Å². The molecule has 1 rings (SSSR count). The molecule has 0 amide bonds. The van der Waals surface area contributed by atoms with E-state index in [1.165, 1.54) is 5.56 Å². The minimum atomic E-state index is 0.170. The lowest BCUT2D eigenvalue weighted by atomic mass is 10.1. The molecule has 0 fully saturated rings. The van der Waals surface area contributed by atoms with Crippen molar-refractivity contribution in [3.63, 3.8) is 0 Å². The molecule has 1 aromatic rings. The first-order valence-electron chi connectivity index (χ1n) is 6.57. The smallest absolute Gasteiger partial charge is 0.0606 e. The van der Waals surface area contributed by atoms with E-state index in [2.05, 4.69) is 24.1 Å². The van der Waals surface area contributed by atoms with Gasteiger partial charge >= 0.3 is 0 Å². The Morgan fingerprint density at radius 1 is 1.28 bits per heavy atom. The van der Waals surface area contributed by atoms with Gasteiger partial charge in [-0.1, -0.05) is 25.4 Å². The number of hydrogen-bond acceptors (Lipinski definition) is 3. The number of halogens is 1. The minimum absolute atomic E-state index is 0.170. The van der Waals surface area contributed by atoms with Crippen molar-refractivity contribution in [2.45, 2.75) is 26.8 Å². The Morgan fingerprint density at radius 3 is 2.67 bits per heavy atom. The summed E-state index contributed by atoms with van der Waals surface area (Å²) < 4.78 is 0. The second-order valence-electron chi connectivity index (χ2n) is 4.26. The maximum Gasteiger partial charge on any atom is 0.0606 e. The molecule has 0 aromatic heterocycles.